The predicted octanol–water partition coefficient (Wildman–Crippen LogP) is 4.32. The van der Waals surface area contributed by atoms with Gasteiger partial charge in [-0.25, -0.2) is 0 Å². The van der Waals surface area contributed by atoms with Gasteiger partial charge in [0.05, 0.1) is 12.0 Å². The van der Waals surface area contributed by atoms with Crippen LogP contribution in [0.1, 0.15) is 27.9 Å². The number of rotatable bonds is 7. The van der Waals surface area contributed by atoms with Crippen LogP contribution in [-0.2, 0) is 22.6 Å². The number of hydrogen-bond acceptors (Lipinski definition) is 3. The Labute approximate surface area is 195 Å². The summed E-state index contributed by atoms with van der Waals surface area (Å²) in [4.78, 5) is 28.2. The lowest BCUT2D eigenvalue weighted by molar-refractivity contribution is -0.129. The van der Waals surface area contributed by atoms with Crippen LogP contribution in [0.25, 0.3) is 11.1 Å². The lowest BCUT2D eigenvalue weighted by atomic mass is 9.78. The van der Waals surface area contributed by atoms with Crippen molar-refractivity contribution in [2.24, 2.45) is 5.41 Å². The summed E-state index contributed by atoms with van der Waals surface area (Å²) in [5.41, 5.74) is 4.36. The maximum absolute atomic E-state index is 13.2. The first-order chi connectivity index (χ1) is 16.1. The van der Waals surface area contributed by atoms with Crippen LogP contribution in [0.4, 0.5) is 0 Å². The quantitative estimate of drug-likeness (QED) is 0.593. The Hall–Kier alpha value is -3.44. The zero-order valence-corrected chi connectivity index (χ0v) is 19.2. The van der Waals surface area contributed by atoms with E-state index in [4.69, 9.17) is 4.74 Å². The third-order valence-corrected chi connectivity index (χ3v) is 6.49. The molecule has 3 aromatic carbocycles. The van der Waals surface area contributed by atoms with Crippen LogP contribution >= 0.6 is 0 Å². The van der Waals surface area contributed by atoms with Crippen molar-refractivity contribution in [1.82, 2.24) is 10.2 Å². The molecule has 0 radical (unpaired) electrons. The molecule has 0 unspecified atom stereocenters. The van der Waals surface area contributed by atoms with Gasteiger partial charge in [0.2, 0.25) is 5.91 Å². The van der Waals surface area contributed by atoms with E-state index in [2.05, 4.69) is 29.6 Å². The third-order valence-electron chi connectivity index (χ3n) is 6.49. The number of likely N-dealkylation sites (tertiary alicyclic amines) is 1. The summed E-state index contributed by atoms with van der Waals surface area (Å²) in [5.74, 6) is -0.0582. The van der Waals surface area contributed by atoms with Gasteiger partial charge in [0.15, 0.2) is 0 Å². The van der Waals surface area contributed by atoms with Gasteiger partial charge in [-0.1, -0.05) is 66.7 Å². The second-order valence-corrected chi connectivity index (χ2v) is 8.67. The van der Waals surface area contributed by atoms with E-state index in [1.807, 2.05) is 59.5 Å². The second kappa shape index (κ2) is 10.0. The number of nitrogens with one attached hydrogen (secondary N) is 1. The summed E-state index contributed by atoms with van der Waals surface area (Å²) < 4.78 is 5.15. The molecule has 1 fully saturated rings. The number of ether oxygens (including phenoxy) is 1. The molecule has 0 saturated carbocycles. The van der Waals surface area contributed by atoms with Crippen molar-refractivity contribution in [3.05, 3.63) is 95.6 Å². The number of hydrogen-bond donors (Lipinski definition) is 1. The number of carbonyl (C=O) groups is 2. The SMILES string of the molecule is CNC(=O)[C@]1(Cc2ccccc2-c2ccccc2)CCN(C(=O)c2ccc(COC)cc2)C1. The zero-order valence-electron chi connectivity index (χ0n) is 19.2. The minimum atomic E-state index is -0.661. The molecule has 4 rings (SSSR count). The van der Waals surface area contributed by atoms with E-state index in [0.717, 1.165) is 22.3 Å². The Kier molecular flexibility index (Phi) is 6.90. The van der Waals surface area contributed by atoms with E-state index in [1.54, 1.807) is 14.2 Å². The molecule has 1 aliphatic heterocycles. The van der Waals surface area contributed by atoms with Gasteiger partial charge in [0, 0.05) is 32.8 Å². The monoisotopic (exact) mass is 442 g/mol. The molecule has 1 heterocycles. The number of amides is 2. The Morgan fingerprint density at radius 3 is 2.36 bits per heavy atom. The highest BCUT2D eigenvalue weighted by molar-refractivity contribution is 5.95. The fourth-order valence-corrected chi connectivity index (χ4v) is 4.75. The van der Waals surface area contributed by atoms with Crippen molar-refractivity contribution >= 4 is 11.8 Å². The molecule has 0 bridgehead atoms. The number of methoxy groups -OCH3 is 1. The molecule has 170 valence electrons. The van der Waals surface area contributed by atoms with Crippen LogP contribution in [0, 0.1) is 5.41 Å². The highest BCUT2D eigenvalue weighted by atomic mass is 16.5. The molecule has 0 spiro atoms. The Morgan fingerprint density at radius 2 is 1.67 bits per heavy atom. The van der Waals surface area contributed by atoms with Crippen LogP contribution < -0.4 is 5.32 Å². The maximum atomic E-state index is 13.2. The first-order valence-corrected chi connectivity index (χ1v) is 11.3. The lowest BCUT2D eigenvalue weighted by Crippen LogP contribution is -2.44. The van der Waals surface area contributed by atoms with Gasteiger partial charge in [-0.3, -0.25) is 9.59 Å². The van der Waals surface area contributed by atoms with Crippen LogP contribution in [0.2, 0.25) is 0 Å². The molecule has 0 aromatic heterocycles. The number of nitrogens with zero attached hydrogens (tertiary/aromatic N) is 1. The average molecular weight is 443 g/mol. The summed E-state index contributed by atoms with van der Waals surface area (Å²) in [6.45, 7) is 1.47. The van der Waals surface area contributed by atoms with Crippen molar-refractivity contribution in [2.45, 2.75) is 19.4 Å². The Morgan fingerprint density at radius 1 is 0.970 bits per heavy atom. The largest absolute Gasteiger partial charge is 0.380 e. The smallest absolute Gasteiger partial charge is 0.253 e. The van der Waals surface area contributed by atoms with E-state index in [1.165, 1.54) is 0 Å². The number of benzene rings is 3. The molecular weight excluding hydrogens is 412 g/mol. The van der Waals surface area contributed by atoms with E-state index < -0.39 is 5.41 Å². The fourth-order valence-electron chi connectivity index (χ4n) is 4.75. The number of carbonyl (C=O) groups excluding carboxylic acids is 2. The van der Waals surface area contributed by atoms with Gasteiger partial charge in [-0.05, 0) is 47.2 Å². The predicted molar refractivity (Wildman–Crippen MR) is 130 cm³/mol. The molecule has 5 heteroatoms. The van der Waals surface area contributed by atoms with Gasteiger partial charge < -0.3 is 15.0 Å². The van der Waals surface area contributed by atoms with Crippen molar-refractivity contribution in [1.29, 1.82) is 0 Å². The average Bonchev–Trinajstić information content (AvgIpc) is 3.30. The van der Waals surface area contributed by atoms with E-state index in [9.17, 15) is 9.59 Å². The topological polar surface area (TPSA) is 58.6 Å². The maximum Gasteiger partial charge on any atom is 0.253 e. The van der Waals surface area contributed by atoms with Crippen molar-refractivity contribution in [3.63, 3.8) is 0 Å². The van der Waals surface area contributed by atoms with Gasteiger partial charge >= 0.3 is 0 Å². The first-order valence-electron chi connectivity index (χ1n) is 11.3. The van der Waals surface area contributed by atoms with Crippen molar-refractivity contribution in [3.8, 4) is 11.1 Å². The minimum Gasteiger partial charge on any atom is -0.380 e. The van der Waals surface area contributed by atoms with Crippen LogP contribution in [-0.4, -0.2) is 44.0 Å². The molecule has 1 atom stereocenters. The zero-order chi connectivity index (χ0) is 23.3. The molecule has 0 aliphatic carbocycles. The fraction of sp³-hybridized carbons (Fsp3) is 0.286. The summed E-state index contributed by atoms with van der Waals surface area (Å²) in [6, 6.07) is 25.9. The normalized spacial score (nSPS) is 17.7. The van der Waals surface area contributed by atoms with Gasteiger partial charge in [0.25, 0.3) is 5.91 Å². The van der Waals surface area contributed by atoms with Gasteiger partial charge in [0.1, 0.15) is 0 Å². The standard InChI is InChI=1S/C28H30N2O3/c1-29-27(32)28(18-24-10-6-7-11-25(24)22-8-4-3-5-9-22)16-17-30(20-28)26(31)23-14-12-21(13-15-23)19-33-2/h3-15H,16-20H2,1-2H3,(H,29,32)/t28-/m0/s1. The van der Waals surface area contributed by atoms with E-state index in [0.29, 0.717) is 38.1 Å². The molecule has 1 aliphatic rings. The van der Waals surface area contributed by atoms with E-state index >= 15 is 0 Å². The van der Waals surface area contributed by atoms with Gasteiger partial charge in [-0.15, -0.1) is 0 Å². The highest BCUT2D eigenvalue weighted by Crippen LogP contribution is 2.38. The lowest BCUT2D eigenvalue weighted by Gasteiger charge is -2.28. The first kappa shape index (κ1) is 22.7. The van der Waals surface area contributed by atoms with Crippen LogP contribution in [0.5, 0.6) is 0 Å². The van der Waals surface area contributed by atoms with Crippen molar-refractivity contribution in [2.75, 3.05) is 27.2 Å². The van der Waals surface area contributed by atoms with Gasteiger partial charge in [-0.2, -0.15) is 0 Å². The molecule has 2 amide bonds. The summed E-state index contributed by atoms with van der Waals surface area (Å²) in [6.07, 6.45) is 1.21. The molecule has 33 heavy (non-hydrogen) atoms. The molecule has 5 nitrogen and oxygen atoms in total. The van der Waals surface area contributed by atoms with Crippen LogP contribution in [0.3, 0.4) is 0 Å². The third kappa shape index (κ3) is 4.83. The summed E-state index contributed by atoms with van der Waals surface area (Å²) >= 11 is 0. The van der Waals surface area contributed by atoms with Crippen LogP contribution in [0.15, 0.2) is 78.9 Å². The Bertz CT molecular complexity index is 1110. The van der Waals surface area contributed by atoms with Crippen molar-refractivity contribution < 1.29 is 14.3 Å². The second-order valence-electron chi connectivity index (χ2n) is 8.67. The molecule has 3 aromatic rings. The Balaban J connectivity index is 1.59. The molecule has 1 N–H and O–H groups in total. The summed E-state index contributed by atoms with van der Waals surface area (Å²) in [5, 5.41) is 2.86. The minimum absolute atomic E-state index is 0.0175. The van der Waals surface area contributed by atoms with E-state index in [-0.39, 0.29) is 11.8 Å². The summed E-state index contributed by atoms with van der Waals surface area (Å²) in [7, 11) is 3.32. The highest BCUT2D eigenvalue weighted by Gasteiger charge is 2.46. The molecular formula is C28H30N2O3. The molecule has 1 saturated heterocycles.